The normalized spacial score (nSPS) is 33.7. The lowest BCUT2D eigenvalue weighted by Crippen LogP contribution is -2.20. The van der Waals surface area contributed by atoms with E-state index in [-0.39, 0.29) is 24.6 Å². The molecular weight excluding hydrogens is 208 g/mol. The van der Waals surface area contributed by atoms with Crippen molar-refractivity contribution in [3.63, 3.8) is 0 Å². The number of aliphatic hydroxyl groups is 2. The lowest BCUT2D eigenvalue weighted by molar-refractivity contribution is -0.150. The number of ether oxygens (including phenoxy) is 1. The summed E-state index contributed by atoms with van der Waals surface area (Å²) in [5.74, 6) is -0.370. The zero-order chi connectivity index (χ0) is 12.0. The van der Waals surface area contributed by atoms with E-state index in [0.717, 1.165) is 12.8 Å². The zero-order valence-corrected chi connectivity index (χ0v) is 9.63. The monoisotopic (exact) mass is 228 g/mol. The molecule has 0 aromatic carbocycles. The van der Waals surface area contributed by atoms with Crippen LogP contribution in [0.5, 0.6) is 0 Å². The SMILES string of the molecule is C[C@@H]1CCC[C@@H](O)CC=C[C@@H](O)CC(=O)O1. The van der Waals surface area contributed by atoms with Crippen molar-refractivity contribution < 1.29 is 19.7 Å². The van der Waals surface area contributed by atoms with Crippen LogP contribution in [0.15, 0.2) is 12.2 Å². The van der Waals surface area contributed by atoms with Gasteiger partial charge in [-0.15, -0.1) is 0 Å². The number of hydrogen-bond donors (Lipinski definition) is 2. The van der Waals surface area contributed by atoms with Gasteiger partial charge in [0.05, 0.1) is 24.7 Å². The van der Waals surface area contributed by atoms with Crippen molar-refractivity contribution in [2.24, 2.45) is 0 Å². The third kappa shape index (κ3) is 5.28. The second kappa shape index (κ2) is 6.66. The summed E-state index contributed by atoms with van der Waals surface area (Å²) in [5, 5.41) is 19.0. The highest BCUT2D eigenvalue weighted by Crippen LogP contribution is 2.12. The maximum absolute atomic E-state index is 11.3. The predicted octanol–water partition coefficient (Wildman–Crippen LogP) is 1.16. The molecule has 1 aliphatic rings. The van der Waals surface area contributed by atoms with E-state index in [1.807, 2.05) is 6.92 Å². The molecule has 4 heteroatoms. The number of aliphatic hydroxyl groups excluding tert-OH is 2. The Hall–Kier alpha value is -0.870. The van der Waals surface area contributed by atoms with E-state index >= 15 is 0 Å². The molecule has 0 bridgehead atoms. The van der Waals surface area contributed by atoms with Crippen LogP contribution in [0.25, 0.3) is 0 Å². The Morgan fingerprint density at radius 2 is 2.12 bits per heavy atom. The molecule has 0 aliphatic carbocycles. The molecule has 0 spiro atoms. The Balaban J connectivity index is 2.55. The molecule has 16 heavy (non-hydrogen) atoms. The molecule has 92 valence electrons. The van der Waals surface area contributed by atoms with Gasteiger partial charge in [-0.05, 0) is 32.6 Å². The van der Waals surface area contributed by atoms with Crippen molar-refractivity contribution in [2.45, 2.75) is 57.3 Å². The Bertz CT molecular complexity index is 249. The fraction of sp³-hybridized carbons (Fsp3) is 0.750. The molecule has 0 aromatic heterocycles. The molecule has 2 N–H and O–H groups in total. The highest BCUT2D eigenvalue weighted by atomic mass is 16.5. The van der Waals surface area contributed by atoms with Crippen LogP contribution in [0.2, 0.25) is 0 Å². The van der Waals surface area contributed by atoms with Gasteiger partial charge in [0.25, 0.3) is 0 Å². The van der Waals surface area contributed by atoms with Crippen LogP contribution in [0.1, 0.15) is 39.0 Å². The van der Waals surface area contributed by atoms with Gasteiger partial charge in [0.1, 0.15) is 0 Å². The van der Waals surface area contributed by atoms with Crippen molar-refractivity contribution in [3.05, 3.63) is 12.2 Å². The Labute approximate surface area is 95.9 Å². The minimum atomic E-state index is -0.814. The van der Waals surface area contributed by atoms with E-state index in [9.17, 15) is 15.0 Å². The van der Waals surface area contributed by atoms with Crippen LogP contribution < -0.4 is 0 Å². The molecule has 0 saturated heterocycles. The summed E-state index contributed by atoms with van der Waals surface area (Å²) in [6.07, 6.45) is 4.73. The number of cyclic esters (lactones) is 1. The molecule has 1 rings (SSSR count). The van der Waals surface area contributed by atoms with Crippen molar-refractivity contribution in [2.75, 3.05) is 0 Å². The van der Waals surface area contributed by atoms with Crippen molar-refractivity contribution >= 4 is 5.97 Å². The summed E-state index contributed by atoms with van der Waals surface area (Å²) >= 11 is 0. The van der Waals surface area contributed by atoms with Gasteiger partial charge in [-0.1, -0.05) is 12.2 Å². The summed E-state index contributed by atoms with van der Waals surface area (Å²) < 4.78 is 5.11. The summed E-state index contributed by atoms with van der Waals surface area (Å²) in [4.78, 5) is 11.3. The van der Waals surface area contributed by atoms with Crippen molar-refractivity contribution in [3.8, 4) is 0 Å². The minimum Gasteiger partial charge on any atom is -0.463 e. The Morgan fingerprint density at radius 3 is 2.88 bits per heavy atom. The number of hydrogen-bond acceptors (Lipinski definition) is 4. The van der Waals surface area contributed by atoms with Gasteiger partial charge < -0.3 is 14.9 Å². The lowest BCUT2D eigenvalue weighted by Gasteiger charge is -2.16. The highest BCUT2D eigenvalue weighted by Gasteiger charge is 2.14. The molecular formula is C12H20O4. The van der Waals surface area contributed by atoms with Gasteiger partial charge in [-0.2, -0.15) is 0 Å². The zero-order valence-electron chi connectivity index (χ0n) is 9.63. The lowest BCUT2D eigenvalue weighted by atomic mass is 10.1. The smallest absolute Gasteiger partial charge is 0.309 e. The largest absolute Gasteiger partial charge is 0.463 e. The predicted molar refractivity (Wildman–Crippen MR) is 59.8 cm³/mol. The molecule has 0 unspecified atom stereocenters. The molecule has 0 fully saturated rings. The third-order valence-electron chi connectivity index (χ3n) is 2.62. The summed E-state index contributed by atoms with van der Waals surface area (Å²) in [6.45, 7) is 1.83. The van der Waals surface area contributed by atoms with Gasteiger partial charge >= 0.3 is 5.97 Å². The van der Waals surface area contributed by atoms with E-state index < -0.39 is 6.10 Å². The molecule has 0 amide bonds. The van der Waals surface area contributed by atoms with Gasteiger partial charge in [0.2, 0.25) is 0 Å². The molecule has 0 saturated carbocycles. The summed E-state index contributed by atoms with van der Waals surface area (Å²) in [6, 6.07) is 0. The first kappa shape index (κ1) is 13.2. The van der Waals surface area contributed by atoms with Crippen molar-refractivity contribution in [1.82, 2.24) is 0 Å². The average molecular weight is 228 g/mol. The second-order valence-electron chi connectivity index (χ2n) is 4.32. The maximum atomic E-state index is 11.3. The first-order valence-electron chi connectivity index (χ1n) is 5.80. The molecule has 1 aliphatic heterocycles. The number of rotatable bonds is 0. The van der Waals surface area contributed by atoms with Crippen LogP contribution in [-0.4, -0.2) is 34.5 Å². The molecule has 1 heterocycles. The number of carbonyl (C=O) groups excluding carboxylic acids is 1. The molecule has 0 radical (unpaired) electrons. The van der Waals surface area contributed by atoms with E-state index in [4.69, 9.17) is 4.74 Å². The van der Waals surface area contributed by atoms with Crippen LogP contribution in [0, 0.1) is 0 Å². The topological polar surface area (TPSA) is 66.8 Å². The fourth-order valence-electron chi connectivity index (χ4n) is 1.72. The Morgan fingerprint density at radius 1 is 1.38 bits per heavy atom. The van der Waals surface area contributed by atoms with Crippen LogP contribution >= 0.6 is 0 Å². The van der Waals surface area contributed by atoms with E-state index in [1.54, 1.807) is 6.08 Å². The minimum absolute atomic E-state index is 0.0169. The van der Waals surface area contributed by atoms with Gasteiger partial charge in [-0.25, -0.2) is 0 Å². The maximum Gasteiger partial charge on any atom is 0.309 e. The van der Waals surface area contributed by atoms with Gasteiger partial charge in [-0.3, -0.25) is 4.79 Å². The summed E-state index contributed by atoms with van der Waals surface area (Å²) in [5.41, 5.74) is 0. The average Bonchev–Trinajstić information content (AvgIpc) is 2.15. The molecule has 3 atom stereocenters. The van der Waals surface area contributed by atoms with Crippen molar-refractivity contribution in [1.29, 1.82) is 0 Å². The molecule has 4 nitrogen and oxygen atoms in total. The summed E-state index contributed by atoms with van der Waals surface area (Å²) in [7, 11) is 0. The van der Waals surface area contributed by atoms with Crippen LogP contribution in [0.3, 0.4) is 0 Å². The first-order valence-corrected chi connectivity index (χ1v) is 5.80. The van der Waals surface area contributed by atoms with Gasteiger partial charge in [0.15, 0.2) is 0 Å². The van der Waals surface area contributed by atoms with Gasteiger partial charge in [0, 0.05) is 0 Å². The third-order valence-corrected chi connectivity index (χ3v) is 2.62. The number of esters is 1. The van der Waals surface area contributed by atoms with Crippen LogP contribution in [-0.2, 0) is 9.53 Å². The highest BCUT2D eigenvalue weighted by molar-refractivity contribution is 5.70. The number of carbonyl (C=O) groups is 1. The fourth-order valence-corrected chi connectivity index (χ4v) is 1.72. The van der Waals surface area contributed by atoms with Crippen LogP contribution in [0.4, 0.5) is 0 Å². The first-order chi connectivity index (χ1) is 7.58. The quantitative estimate of drug-likeness (QED) is 0.482. The molecule has 0 aromatic rings. The van der Waals surface area contributed by atoms with E-state index in [1.165, 1.54) is 6.08 Å². The van der Waals surface area contributed by atoms with E-state index in [0.29, 0.717) is 12.8 Å². The Kier molecular flexibility index (Phi) is 5.49. The second-order valence-corrected chi connectivity index (χ2v) is 4.32. The standard InChI is InChI=1S/C12H20O4/c1-9-4-2-5-10(13)6-3-7-11(14)8-12(15)16-9/h3,7,9-11,13-14H,2,4-6,8H2,1H3/t9-,10-,11-/m1/s1. The van der Waals surface area contributed by atoms with E-state index in [2.05, 4.69) is 0 Å².